The molecule has 104 valence electrons. The summed E-state index contributed by atoms with van der Waals surface area (Å²) in [5.41, 5.74) is 2.22. The molecule has 2 rings (SSSR count). The topological polar surface area (TPSA) is 61.8 Å². The molecule has 0 saturated heterocycles. The SMILES string of the molecule is CNC(CN(C)c1ccc2c(c1)CCCO2)C(=O)O. The first-order valence-corrected chi connectivity index (χ1v) is 6.48. The highest BCUT2D eigenvalue weighted by molar-refractivity contribution is 5.74. The number of likely N-dealkylation sites (N-methyl/N-ethyl adjacent to an activating group) is 2. The van der Waals surface area contributed by atoms with Crippen molar-refractivity contribution in [2.75, 3.05) is 32.1 Å². The van der Waals surface area contributed by atoms with E-state index in [9.17, 15) is 4.79 Å². The number of hydrogen-bond acceptors (Lipinski definition) is 4. The Morgan fingerprint density at radius 2 is 2.37 bits per heavy atom. The zero-order chi connectivity index (χ0) is 13.8. The first-order valence-electron chi connectivity index (χ1n) is 6.48. The van der Waals surface area contributed by atoms with Crippen LogP contribution in [0.2, 0.25) is 0 Å². The van der Waals surface area contributed by atoms with Gasteiger partial charge >= 0.3 is 5.97 Å². The van der Waals surface area contributed by atoms with Crippen LogP contribution in [0.1, 0.15) is 12.0 Å². The highest BCUT2D eigenvalue weighted by Crippen LogP contribution is 2.28. The molecule has 0 amide bonds. The molecule has 0 saturated carbocycles. The number of hydrogen-bond donors (Lipinski definition) is 2. The van der Waals surface area contributed by atoms with Gasteiger partial charge < -0.3 is 20.1 Å². The number of rotatable bonds is 5. The third-order valence-electron chi connectivity index (χ3n) is 3.44. The summed E-state index contributed by atoms with van der Waals surface area (Å²) in [5.74, 6) is 0.113. The second kappa shape index (κ2) is 5.93. The lowest BCUT2D eigenvalue weighted by Gasteiger charge is -2.25. The van der Waals surface area contributed by atoms with Crippen LogP contribution in [0.25, 0.3) is 0 Å². The summed E-state index contributed by atoms with van der Waals surface area (Å²) in [6, 6.07) is 5.45. The molecule has 2 N–H and O–H groups in total. The number of nitrogens with one attached hydrogen (secondary N) is 1. The average molecular weight is 264 g/mol. The standard InChI is InChI=1S/C14H20N2O3/c1-15-12(14(17)18)9-16(2)11-5-6-13-10(8-11)4-3-7-19-13/h5-6,8,12,15H,3-4,7,9H2,1-2H3,(H,17,18). The van der Waals surface area contributed by atoms with E-state index in [2.05, 4.69) is 11.4 Å². The van der Waals surface area contributed by atoms with Crippen molar-refractivity contribution in [2.45, 2.75) is 18.9 Å². The molecule has 5 heteroatoms. The summed E-state index contributed by atoms with van der Waals surface area (Å²) in [7, 11) is 3.56. The van der Waals surface area contributed by atoms with Gasteiger partial charge in [0.1, 0.15) is 11.8 Å². The van der Waals surface area contributed by atoms with E-state index in [1.165, 1.54) is 5.56 Å². The van der Waals surface area contributed by atoms with Crippen molar-refractivity contribution in [3.05, 3.63) is 23.8 Å². The van der Waals surface area contributed by atoms with E-state index in [1.54, 1.807) is 7.05 Å². The summed E-state index contributed by atoms with van der Waals surface area (Å²) >= 11 is 0. The molecule has 1 atom stereocenters. The van der Waals surface area contributed by atoms with Crippen LogP contribution in [0.3, 0.4) is 0 Å². The molecular weight excluding hydrogens is 244 g/mol. The molecule has 0 radical (unpaired) electrons. The summed E-state index contributed by atoms with van der Waals surface area (Å²) in [6.07, 6.45) is 2.06. The van der Waals surface area contributed by atoms with Gasteiger partial charge in [-0.05, 0) is 43.7 Å². The minimum Gasteiger partial charge on any atom is -0.493 e. The van der Waals surface area contributed by atoms with Crippen LogP contribution in [0, 0.1) is 0 Å². The molecular formula is C14H20N2O3. The second-order valence-corrected chi connectivity index (χ2v) is 4.80. The maximum absolute atomic E-state index is 11.0. The number of ether oxygens (including phenoxy) is 1. The molecule has 1 heterocycles. The smallest absolute Gasteiger partial charge is 0.322 e. The van der Waals surface area contributed by atoms with Crippen LogP contribution in [0.5, 0.6) is 5.75 Å². The van der Waals surface area contributed by atoms with Gasteiger partial charge in [0.2, 0.25) is 0 Å². The predicted molar refractivity (Wildman–Crippen MR) is 74.0 cm³/mol. The molecule has 0 fully saturated rings. The second-order valence-electron chi connectivity index (χ2n) is 4.80. The molecule has 1 aromatic rings. The maximum Gasteiger partial charge on any atom is 0.322 e. The molecule has 5 nitrogen and oxygen atoms in total. The number of aliphatic carboxylic acids is 1. The highest BCUT2D eigenvalue weighted by atomic mass is 16.5. The van der Waals surface area contributed by atoms with Crippen LogP contribution in [-0.2, 0) is 11.2 Å². The normalized spacial score (nSPS) is 15.3. The molecule has 1 aromatic carbocycles. The number of carboxylic acid groups (broad SMARTS) is 1. The molecule has 0 aromatic heterocycles. The van der Waals surface area contributed by atoms with Crippen LogP contribution in [-0.4, -0.2) is 44.4 Å². The largest absolute Gasteiger partial charge is 0.493 e. The third kappa shape index (κ3) is 3.17. The molecule has 0 bridgehead atoms. The molecule has 1 aliphatic heterocycles. The van der Waals surface area contributed by atoms with Crippen molar-refractivity contribution in [3.63, 3.8) is 0 Å². The summed E-state index contributed by atoms with van der Waals surface area (Å²) < 4.78 is 5.57. The van der Waals surface area contributed by atoms with Gasteiger partial charge in [-0.15, -0.1) is 0 Å². The average Bonchev–Trinajstić information content (AvgIpc) is 2.43. The minimum absolute atomic E-state index is 0.422. The van der Waals surface area contributed by atoms with Crippen molar-refractivity contribution >= 4 is 11.7 Å². The van der Waals surface area contributed by atoms with Gasteiger partial charge in [0.15, 0.2) is 0 Å². The van der Waals surface area contributed by atoms with Crippen molar-refractivity contribution in [3.8, 4) is 5.75 Å². The zero-order valence-electron chi connectivity index (χ0n) is 11.3. The van der Waals surface area contributed by atoms with Crippen molar-refractivity contribution in [2.24, 2.45) is 0 Å². The van der Waals surface area contributed by atoms with E-state index in [1.807, 2.05) is 24.1 Å². The van der Waals surface area contributed by atoms with Crippen LogP contribution in [0.4, 0.5) is 5.69 Å². The molecule has 1 aliphatic rings. The Morgan fingerprint density at radius 3 is 3.05 bits per heavy atom. The Kier molecular flexibility index (Phi) is 4.27. The fourth-order valence-corrected chi connectivity index (χ4v) is 2.26. The first kappa shape index (κ1) is 13.7. The van der Waals surface area contributed by atoms with E-state index in [-0.39, 0.29) is 0 Å². The van der Waals surface area contributed by atoms with E-state index >= 15 is 0 Å². The lowest BCUT2D eigenvalue weighted by molar-refractivity contribution is -0.139. The summed E-state index contributed by atoms with van der Waals surface area (Å²) in [4.78, 5) is 13.0. The monoisotopic (exact) mass is 264 g/mol. The van der Waals surface area contributed by atoms with Gasteiger partial charge in [0.25, 0.3) is 0 Å². The Morgan fingerprint density at radius 1 is 1.58 bits per heavy atom. The number of benzene rings is 1. The third-order valence-corrected chi connectivity index (χ3v) is 3.44. The minimum atomic E-state index is -0.837. The van der Waals surface area contributed by atoms with Gasteiger partial charge in [-0.25, -0.2) is 0 Å². The van der Waals surface area contributed by atoms with Gasteiger partial charge in [-0.3, -0.25) is 4.79 Å². The van der Waals surface area contributed by atoms with E-state index < -0.39 is 12.0 Å². The van der Waals surface area contributed by atoms with Gasteiger partial charge in [0.05, 0.1) is 6.61 Å². The fourth-order valence-electron chi connectivity index (χ4n) is 2.26. The Balaban J connectivity index is 2.10. The first-order chi connectivity index (χ1) is 9.11. The van der Waals surface area contributed by atoms with Crippen molar-refractivity contribution in [1.82, 2.24) is 5.32 Å². The van der Waals surface area contributed by atoms with Gasteiger partial charge in [-0.2, -0.15) is 0 Å². The quantitative estimate of drug-likeness (QED) is 0.834. The molecule has 19 heavy (non-hydrogen) atoms. The summed E-state index contributed by atoms with van der Waals surface area (Å²) in [6.45, 7) is 1.20. The lowest BCUT2D eigenvalue weighted by atomic mass is 10.1. The number of carboxylic acids is 1. The number of nitrogens with zero attached hydrogens (tertiary/aromatic N) is 1. The van der Waals surface area contributed by atoms with E-state index in [0.717, 1.165) is 30.9 Å². The number of aryl methyl sites for hydroxylation is 1. The van der Waals surface area contributed by atoms with Crippen LogP contribution < -0.4 is 15.0 Å². The van der Waals surface area contributed by atoms with Gasteiger partial charge in [0, 0.05) is 19.3 Å². The lowest BCUT2D eigenvalue weighted by Crippen LogP contribution is -2.43. The number of anilines is 1. The van der Waals surface area contributed by atoms with E-state index in [0.29, 0.717) is 6.54 Å². The van der Waals surface area contributed by atoms with Crippen LogP contribution >= 0.6 is 0 Å². The van der Waals surface area contributed by atoms with Crippen molar-refractivity contribution in [1.29, 1.82) is 0 Å². The van der Waals surface area contributed by atoms with Crippen molar-refractivity contribution < 1.29 is 14.6 Å². The summed E-state index contributed by atoms with van der Waals surface area (Å²) in [5, 5.41) is 11.9. The Labute approximate surface area is 113 Å². The molecule has 0 aliphatic carbocycles. The number of fused-ring (bicyclic) bond motifs is 1. The maximum atomic E-state index is 11.0. The fraction of sp³-hybridized carbons (Fsp3) is 0.500. The Bertz CT molecular complexity index is 462. The predicted octanol–water partition coefficient (Wildman–Crippen LogP) is 1.12. The number of carbonyl (C=O) groups is 1. The van der Waals surface area contributed by atoms with Crippen LogP contribution in [0.15, 0.2) is 18.2 Å². The molecule has 1 unspecified atom stereocenters. The zero-order valence-corrected chi connectivity index (χ0v) is 11.3. The Hall–Kier alpha value is -1.75. The highest BCUT2D eigenvalue weighted by Gasteiger charge is 2.18. The molecule has 0 spiro atoms. The van der Waals surface area contributed by atoms with E-state index in [4.69, 9.17) is 9.84 Å². The van der Waals surface area contributed by atoms with Gasteiger partial charge in [-0.1, -0.05) is 0 Å².